The fourth-order valence-corrected chi connectivity index (χ4v) is 2.69. The van der Waals surface area contributed by atoms with Gasteiger partial charge in [0.15, 0.2) is 5.75 Å². The summed E-state index contributed by atoms with van der Waals surface area (Å²) in [5.41, 5.74) is 6.01. The van der Waals surface area contributed by atoms with Gasteiger partial charge in [-0.15, -0.1) is 0 Å². The fraction of sp³-hybridized carbons (Fsp3) is 0.500. The number of unbranched alkanes of at least 4 members (excludes halogenated alkanes) is 2. The largest absolute Gasteiger partial charge is 0.491 e. The molecule has 0 heterocycles. The number of carbonyl (C=O) groups excluding carboxylic acids is 1. The van der Waals surface area contributed by atoms with Crippen LogP contribution < -0.4 is 15.8 Å². The molecule has 4 nitrogen and oxygen atoms in total. The Morgan fingerprint density at radius 2 is 2.15 bits per heavy atom. The summed E-state index contributed by atoms with van der Waals surface area (Å²) in [5, 5.41) is 3.38. The zero-order valence-electron chi connectivity index (χ0n) is 11.5. The molecule has 0 aliphatic heterocycles. The van der Waals surface area contributed by atoms with Crippen LogP contribution in [0.5, 0.6) is 5.75 Å². The molecule has 112 valence electrons. The lowest BCUT2D eigenvalue weighted by molar-refractivity contribution is -0.116. The zero-order valence-corrected chi connectivity index (χ0v) is 13.9. The summed E-state index contributed by atoms with van der Waals surface area (Å²) < 4.78 is 6.26. The van der Waals surface area contributed by atoms with Crippen molar-refractivity contribution >= 4 is 39.1 Å². The smallest absolute Gasteiger partial charge is 0.224 e. The lowest BCUT2D eigenvalue weighted by Gasteiger charge is -2.14. The van der Waals surface area contributed by atoms with Gasteiger partial charge >= 0.3 is 0 Å². The number of hydrogen-bond acceptors (Lipinski definition) is 3. The van der Waals surface area contributed by atoms with Gasteiger partial charge in [0.25, 0.3) is 0 Å². The molecule has 1 aromatic carbocycles. The van der Waals surface area contributed by atoms with E-state index >= 15 is 0 Å². The molecule has 0 radical (unpaired) electrons. The lowest BCUT2D eigenvalue weighted by atomic mass is 10.2. The predicted molar refractivity (Wildman–Crippen MR) is 86.5 cm³/mol. The summed E-state index contributed by atoms with van der Waals surface area (Å²) in [7, 11) is 0. The Morgan fingerprint density at radius 3 is 2.80 bits per heavy atom. The first-order valence-electron chi connectivity index (χ1n) is 6.70. The van der Waals surface area contributed by atoms with Gasteiger partial charge in [0.1, 0.15) is 0 Å². The Kier molecular flexibility index (Phi) is 7.95. The van der Waals surface area contributed by atoms with Crippen molar-refractivity contribution in [1.29, 1.82) is 0 Å². The number of carbonyl (C=O) groups is 1. The van der Waals surface area contributed by atoms with Crippen molar-refractivity contribution in [3.05, 3.63) is 21.6 Å². The fourth-order valence-electron chi connectivity index (χ4n) is 1.76. The van der Waals surface area contributed by atoms with Crippen molar-refractivity contribution in [3.8, 4) is 5.75 Å². The van der Waals surface area contributed by atoms with E-state index in [0.29, 0.717) is 36.0 Å². The zero-order chi connectivity index (χ0) is 15.0. The first-order valence-corrected chi connectivity index (χ1v) is 7.87. The van der Waals surface area contributed by atoms with Crippen molar-refractivity contribution in [3.63, 3.8) is 0 Å². The third-order valence-electron chi connectivity index (χ3n) is 2.68. The van der Waals surface area contributed by atoms with E-state index in [-0.39, 0.29) is 5.91 Å². The van der Waals surface area contributed by atoms with E-state index in [4.69, 9.17) is 22.1 Å². The van der Waals surface area contributed by atoms with Crippen LogP contribution in [0.25, 0.3) is 0 Å². The molecule has 0 unspecified atom stereocenters. The highest BCUT2D eigenvalue weighted by atomic mass is 79.9. The summed E-state index contributed by atoms with van der Waals surface area (Å²) >= 11 is 9.39. The number of benzene rings is 1. The van der Waals surface area contributed by atoms with Gasteiger partial charge in [-0.3, -0.25) is 4.79 Å². The maximum absolute atomic E-state index is 11.9. The number of nitrogens with two attached hydrogens (primary N) is 1. The minimum absolute atomic E-state index is 0.0443. The second-order valence-corrected chi connectivity index (χ2v) is 5.64. The molecule has 0 saturated carbocycles. The molecule has 0 aromatic heterocycles. The third kappa shape index (κ3) is 5.69. The molecule has 6 heteroatoms. The Balaban J connectivity index is 2.68. The normalized spacial score (nSPS) is 10.4. The van der Waals surface area contributed by atoms with E-state index in [0.717, 1.165) is 23.7 Å². The summed E-state index contributed by atoms with van der Waals surface area (Å²) in [6.07, 6.45) is 3.20. The molecule has 0 bridgehead atoms. The molecular formula is C14H20BrClN2O2. The van der Waals surface area contributed by atoms with Crippen LogP contribution in [0.3, 0.4) is 0 Å². The maximum Gasteiger partial charge on any atom is 0.224 e. The number of amides is 1. The highest BCUT2D eigenvalue weighted by Crippen LogP contribution is 2.36. The Hall–Kier alpha value is -0.780. The van der Waals surface area contributed by atoms with Crippen molar-refractivity contribution in [2.45, 2.75) is 32.6 Å². The average Bonchev–Trinajstić information content (AvgIpc) is 2.39. The topological polar surface area (TPSA) is 64.3 Å². The van der Waals surface area contributed by atoms with Crippen molar-refractivity contribution < 1.29 is 9.53 Å². The van der Waals surface area contributed by atoms with E-state index in [1.54, 1.807) is 12.1 Å². The van der Waals surface area contributed by atoms with Crippen molar-refractivity contribution in [2.75, 3.05) is 18.5 Å². The monoisotopic (exact) mass is 362 g/mol. The molecule has 1 amide bonds. The van der Waals surface area contributed by atoms with E-state index in [9.17, 15) is 4.79 Å². The van der Waals surface area contributed by atoms with Crippen LogP contribution in [0.15, 0.2) is 16.6 Å². The first kappa shape index (κ1) is 17.3. The molecule has 1 aromatic rings. The maximum atomic E-state index is 11.9. The van der Waals surface area contributed by atoms with Crippen LogP contribution in [0.4, 0.5) is 5.69 Å². The molecule has 0 aliphatic carbocycles. The van der Waals surface area contributed by atoms with E-state index in [1.165, 1.54) is 0 Å². The summed E-state index contributed by atoms with van der Waals surface area (Å²) in [6.45, 7) is 3.07. The average molecular weight is 364 g/mol. The van der Waals surface area contributed by atoms with Gasteiger partial charge in [-0.2, -0.15) is 0 Å². The SMILES string of the molecule is CCOc1c(Br)cc(Cl)cc1NC(=O)CCCCCN. The summed E-state index contributed by atoms with van der Waals surface area (Å²) in [6, 6.07) is 3.43. The van der Waals surface area contributed by atoms with Gasteiger partial charge < -0.3 is 15.8 Å². The van der Waals surface area contributed by atoms with Crippen molar-refractivity contribution in [2.24, 2.45) is 5.73 Å². The molecule has 0 atom stereocenters. The third-order valence-corrected chi connectivity index (χ3v) is 3.49. The van der Waals surface area contributed by atoms with Gasteiger partial charge in [0, 0.05) is 11.4 Å². The molecule has 3 N–H and O–H groups in total. The first-order chi connectivity index (χ1) is 9.58. The molecule has 1 rings (SSSR count). The van der Waals surface area contributed by atoms with Gasteiger partial charge in [0.05, 0.1) is 16.8 Å². The van der Waals surface area contributed by atoms with Crippen LogP contribution in [0.2, 0.25) is 5.02 Å². The van der Waals surface area contributed by atoms with Crippen LogP contribution >= 0.6 is 27.5 Å². The minimum Gasteiger partial charge on any atom is -0.491 e. The number of halogens is 2. The van der Waals surface area contributed by atoms with Crippen LogP contribution in [0.1, 0.15) is 32.6 Å². The highest BCUT2D eigenvalue weighted by Gasteiger charge is 2.12. The minimum atomic E-state index is -0.0443. The van der Waals surface area contributed by atoms with Gasteiger partial charge in [0.2, 0.25) is 5.91 Å². The molecule has 0 saturated heterocycles. The Bertz CT molecular complexity index is 455. The Labute approximate surface area is 133 Å². The standard InChI is InChI=1S/C14H20BrClN2O2/c1-2-20-14-11(15)8-10(16)9-12(14)18-13(19)6-4-3-5-7-17/h8-9H,2-7,17H2,1H3,(H,18,19). The van der Waals surface area contributed by atoms with Gasteiger partial charge in [-0.05, 0) is 54.4 Å². The predicted octanol–water partition coefficient (Wildman–Crippen LogP) is 3.96. The number of hydrogen-bond donors (Lipinski definition) is 2. The summed E-state index contributed by atoms with van der Waals surface area (Å²) in [4.78, 5) is 11.9. The number of ether oxygens (including phenoxy) is 1. The van der Waals surface area contributed by atoms with E-state index < -0.39 is 0 Å². The lowest BCUT2D eigenvalue weighted by Crippen LogP contribution is -2.13. The van der Waals surface area contributed by atoms with Gasteiger partial charge in [-0.1, -0.05) is 18.0 Å². The second-order valence-electron chi connectivity index (χ2n) is 4.34. The van der Waals surface area contributed by atoms with Crippen LogP contribution in [-0.4, -0.2) is 19.1 Å². The molecule has 0 fully saturated rings. The van der Waals surface area contributed by atoms with Crippen LogP contribution in [0, 0.1) is 0 Å². The van der Waals surface area contributed by atoms with Crippen LogP contribution in [-0.2, 0) is 4.79 Å². The van der Waals surface area contributed by atoms with Gasteiger partial charge in [-0.25, -0.2) is 0 Å². The van der Waals surface area contributed by atoms with Crippen molar-refractivity contribution in [1.82, 2.24) is 0 Å². The van der Waals surface area contributed by atoms with E-state index in [2.05, 4.69) is 21.2 Å². The summed E-state index contributed by atoms with van der Waals surface area (Å²) in [5.74, 6) is 0.560. The molecular weight excluding hydrogens is 344 g/mol. The number of rotatable bonds is 8. The second kappa shape index (κ2) is 9.21. The number of nitrogens with one attached hydrogen (secondary N) is 1. The molecule has 20 heavy (non-hydrogen) atoms. The quantitative estimate of drug-likeness (QED) is 0.687. The van der Waals surface area contributed by atoms with E-state index in [1.807, 2.05) is 6.92 Å². The Morgan fingerprint density at radius 1 is 1.40 bits per heavy atom. The highest BCUT2D eigenvalue weighted by molar-refractivity contribution is 9.10. The molecule has 0 spiro atoms. The number of anilines is 1. The molecule has 0 aliphatic rings.